The summed E-state index contributed by atoms with van der Waals surface area (Å²) in [5.41, 5.74) is 7.41. The molecule has 2 aromatic rings. The van der Waals surface area contributed by atoms with Gasteiger partial charge in [-0.1, -0.05) is 6.92 Å². The Kier molecular flexibility index (Phi) is 2.55. The summed E-state index contributed by atoms with van der Waals surface area (Å²) >= 11 is 0. The third kappa shape index (κ3) is 2.18. The predicted molar refractivity (Wildman–Crippen MR) is 69.7 cm³/mol. The van der Waals surface area contributed by atoms with Crippen LogP contribution in [0.3, 0.4) is 0 Å². The number of nitrogen functional groups attached to an aromatic ring is 1. The molecule has 1 heterocycles. The van der Waals surface area contributed by atoms with Crippen molar-refractivity contribution in [3.8, 4) is 11.4 Å². The third-order valence-corrected chi connectivity index (χ3v) is 3.68. The first kappa shape index (κ1) is 12.1. The molecule has 0 spiro atoms. The smallest absolute Gasteiger partial charge is 0.185 e. The number of nitrogens with two attached hydrogens (primary N) is 1. The molecule has 0 amide bonds. The summed E-state index contributed by atoms with van der Waals surface area (Å²) in [7, 11) is 0. The molecule has 1 aromatic carbocycles. The summed E-state index contributed by atoms with van der Waals surface area (Å²) in [6.45, 7) is 4.58. The molecule has 100 valence electrons. The van der Waals surface area contributed by atoms with E-state index in [0.717, 1.165) is 12.8 Å². The second-order valence-electron chi connectivity index (χ2n) is 5.67. The van der Waals surface area contributed by atoms with Gasteiger partial charge in [0.2, 0.25) is 0 Å². The predicted octanol–water partition coefficient (Wildman–Crippen LogP) is 2.17. The highest BCUT2D eigenvalue weighted by Crippen LogP contribution is 2.46. The van der Waals surface area contributed by atoms with Crippen molar-refractivity contribution in [1.82, 2.24) is 20.2 Å². The number of anilines is 1. The zero-order valence-electron chi connectivity index (χ0n) is 11.0. The molecule has 1 aromatic heterocycles. The molecule has 1 fully saturated rings. The van der Waals surface area contributed by atoms with Gasteiger partial charge in [0.15, 0.2) is 5.82 Å². The minimum Gasteiger partial charge on any atom is -0.399 e. The Morgan fingerprint density at radius 1 is 1.42 bits per heavy atom. The standard InChI is InChI=1S/C13H16FN5/c1-8-5-9(15)6-10(11(8)14)12-16-17-18-19(12)7-13(2)3-4-13/h5-6H,3-4,7,15H2,1-2H3. The van der Waals surface area contributed by atoms with Crippen molar-refractivity contribution >= 4 is 5.69 Å². The second-order valence-corrected chi connectivity index (χ2v) is 5.67. The minimum atomic E-state index is -0.314. The van der Waals surface area contributed by atoms with Crippen molar-refractivity contribution in [2.24, 2.45) is 5.41 Å². The van der Waals surface area contributed by atoms with Gasteiger partial charge in [-0.25, -0.2) is 9.07 Å². The van der Waals surface area contributed by atoms with Crippen LogP contribution in [-0.2, 0) is 6.54 Å². The molecule has 6 heteroatoms. The lowest BCUT2D eigenvalue weighted by atomic mass is 10.1. The third-order valence-electron chi connectivity index (χ3n) is 3.68. The number of aryl methyl sites for hydroxylation is 1. The van der Waals surface area contributed by atoms with Gasteiger partial charge in [-0.05, 0) is 53.3 Å². The fourth-order valence-electron chi connectivity index (χ4n) is 2.20. The van der Waals surface area contributed by atoms with Gasteiger partial charge in [-0.2, -0.15) is 0 Å². The average Bonchev–Trinajstić information content (AvgIpc) is 2.89. The summed E-state index contributed by atoms with van der Waals surface area (Å²) < 4.78 is 15.9. The first-order valence-corrected chi connectivity index (χ1v) is 6.31. The summed E-state index contributed by atoms with van der Waals surface area (Å²) in [4.78, 5) is 0. The molecule has 2 N–H and O–H groups in total. The summed E-state index contributed by atoms with van der Waals surface area (Å²) in [6, 6.07) is 3.19. The second kappa shape index (κ2) is 4.01. The Bertz CT molecular complexity index is 630. The van der Waals surface area contributed by atoms with Gasteiger partial charge in [0.05, 0.1) is 12.1 Å². The number of halogens is 1. The Morgan fingerprint density at radius 2 is 2.16 bits per heavy atom. The van der Waals surface area contributed by atoms with Crippen molar-refractivity contribution in [1.29, 1.82) is 0 Å². The van der Waals surface area contributed by atoms with E-state index in [2.05, 4.69) is 22.4 Å². The van der Waals surface area contributed by atoms with Gasteiger partial charge in [0.1, 0.15) is 5.82 Å². The fourth-order valence-corrected chi connectivity index (χ4v) is 2.20. The lowest BCUT2D eigenvalue weighted by Gasteiger charge is -2.11. The van der Waals surface area contributed by atoms with E-state index >= 15 is 0 Å². The van der Waals surface area contributed by atoms with Crippen LogP contribution in [0, 0.1) is 18.2 Å². The topological polar surface area (TPSA) is 69.6 Å². The van der Waals surface area contributed by atoms with Gasteiger partial charge < -0.3 is 5.73 Å². The molecule has 1 aliphatic carbocycles. The van der Waals surface area contributed by atoms with Gasteiger partial charge >= 0.3 is 0 Å². The first-order valence-electron chi connectivity index (χ1n) is 6.31. The van der Waals surface area contributed by atoms with Gasteiger partial charge in [0.25, 0.3) is 0 Å². The highest BCUT2D eigenvalue weighted by atomic mass is 19.1. The highest BCUT2D eigenvalue weighted by molar-refractivity contribution is 5.63. The molecule has 0 atom stereocenters. The van der Waals surface area contributed by atoms with E-state index in [0.29, 0.717) is 29.2 Å². The van der Waals surface area contributed by atoms with Crippen LogP contribution in [0.4, 0.5) is 10.1 Å². The van der Waals surface area contributed by atoms with Crippen LogP contribution in [-0.4, -0.2) is 20.2 Å². The molecule has 0 radical (unpaired) electrons. The van der Waals surface area contributed by atoms with Crippen LogP contribution in [0.15, 0.2) is 12.1 Å². The fraction of sp³-hybridized carbons (Fsp3) is 0.462. The van der Waals surface area contributed by atoms with Crippen molar-refractivity contribution in [2.75, 3.05) is 5.73 Å². The maximum absolute atomic E-state index is 14.2. The van der Waals surface area contributed by atoms with Crippen LogP contribution in [0.1, 0.15) is 25.3 Å². The lowest BCUT2D eigenvalue weighted by molar-refractivity contribution is 0.427. The maximum Gasteiger partial charge on any atom is 0.185 e. The zero-order chi connectivity index (χ0) is 13.6. The van der Waals surface area contributed by atoms with Crippen molar-refractivity contribution in [3.63, 3.8) is 0 Å². The van der Waals surface area contributed by atoms with E-state index in [-0.39, 0.29) is 11.2 Å². The average molecular weight is 261 g/mol. The number of benzene rings is 1. The number of nitrogens with zero attached hydrogens (tertiary/aromatic N) is 4. The Balaban J connectivity index is 2.05. The maximum atomic E-state index is 14.2. The van der Waals surface area contributed by atoms with Crippen molar-refractivity contribution in [3.05, 3.63) is 23.5 Å². The number of hydrogen-bond donors (Lipinski definition) is 1. The molecule has 1 saturated carbocycles. The molecule has 1 aliphatic rings. The molecule has 3 rings (SSSR count). The largest absolute Gasteiger partial charge is 0.399 e. The van der Waals surface area contributed by atoms with Gasteiger partial charge in [0, 0.05) is 5.69 Å². The van der Waals surface area contributed by atoms with E-state index in [1.807, 2.05) is 0 Å². The SMILES string of the molecule is Cc1cc(N)cc(-c2nnnn2CC2(C)CC2)c1F. The molecule has 0 unspecified atom stereocenters. The molecule has 19 heavy (non-hydrogen) atoms. The number of rotatable bonds is 3. The van der Waals surface area contributed by atoms with E-state index in [4.69, 9.17) is 5.73 Å². The molecule has 5 nitrogen and oxygen atoms in total. The van der Waals surface area contributed by atoms with Crippen LogP contribution in [0.5, 0.6) is 0 Å². The Labute approximate surface area is 110 Å². The van der Waals surface area contributed by atoms with Gasteiger partial charge in [-0.3, -0.25) is 0 Å². The molecule has 0 aliphatic heterocycles. The van der Waals surface area contributed by atoms with Crippen molar-refractivity contribution < 1.29 is 4.39 Å². The first-order chi connectivity index (χ1) is 8.98. The summed E-state index contributed by atoms with van der Waals surface area (Å²) in [5, 5.41) is 11.6. The monoisotopic (exact) mass is 261 g/mol. The van der Waals surface area contributed by atoms with E-state index in [9.17, 15) is 4.39 Å². The minimum absolute atomic E-state index is 0.246. The number of hydrogen-bond acceptors (Lipinski definition) is 4. The van der Waals surface area contributed by atoms with E-state index in [1.165, 1.54) is 0 Å². The van der Waals surface area contributed by atoms with Crippen LogP contribution >= 0.6 is 0 Å². The van der Waals surface area contributed by atoms with E-state index < -0.39 is 0 Å². The summed E-state index contributed by atoms with van der Waals surface area (Å²) in [5.74, 6) is 0.132. The highest BCUT2D eigenvalue weighted by Gasteiger charge is 2.38. The Hall–Kier alpha value is -1.98. The van der Waals surface area contributed by atoms with Gasteiger partial charge in [-0.15, -0.1) is 5.10 Å². The number of aromatic nitrogens is 4. The van der Waals surface area contributed by atoms with E-state index in [1.54, 1.807) is 23.7 Å². The molecule has 0 saturated heterocycles. The quantitative estimate of drug-likeness (QED) is 0.860. The van der Waals surface area contributed by atoms with Crippen LogP contribution in [0.25, 0.3) is 11.4 Å². The zero-order valence-corrected chi connectivity index (χ0v) is 11.0. The Morgan fingerprint density at radius 3 is 2.84 bits per heavy atom. The normalized spacial score (nSPS) is 16.6. The summed E-state index contributed by atoms with van der Waals surface area (Å²) in [6.07, 6.45) is 2.31. The number of tetrazole rings is 1. The van der Waals surface area contributed by atoms with Crippen molar-refractivity contribution in [2.45, 2.75) is 33.2 Å². The molecular weight excluding hydrogens is 245 g/mol. The van der Waals surface area contributed by atoms with Crippen LogP contribution in [0.2, 0.25) is 0 Å². The van der Waals surface area contributed by atoms with Crippen LogP contribution < -0.4 is 5.73 Å². The lowest BCUT2D eigenvalue weighted by Crippen LogP contribution is -2.12. The molecular formula is C13H16FN5. The molecule has 0 bridgehead atoms.